The van der Waals surface area contributed by atoms with Crippen LogP contribution >= 0.6 is 11.3 Å². The molecular weight excluding hydrogens is 370 g/mol. The third kappa shape index (κ3) is 2.98. The molecule has 1 aliphatic heterocycles. The van der Waals surface area contributed by atoms with Crippen LogP contribution in [0.2, 0.25) is 0 Å². The van der Waals surface area contributed by atoms with E-state index in [1.54, 1.807) is 11.3 Å². The molecule has 0 atom stereocenters. The zero-order chi connectivity index (χ0) is 19.7. The van der Waals surface area contributed by atoms with Gasteiger partial charge in [0.1, 0.15) is 17.1 Å². The average molecular weight is 391 g/mol. The summed E-state index contributed by atoms with van der Waals surface area (Å²) in [6.45, 7) is 5.71. The van der Waals surface area contributed by atoms with E-state index in [1.807, 2.05) is 48.1 Å². The molecule has 0 bridgehead atoms. The van der Waals surface area contributed by atoms with E-state index < -0.39 is 0 Å². The van der Waals surface area contributed by atoms with Crippen molar-refractivity contribution in [3.63, 3.8) is 0 Å². The van der Waals surface area contributed by atoms with Gasteiger partial charge in [0, 0.05) is 22.5 Å². The van der Waals surface area contributed by atoms with Crippen molar-refractivity contribution >= 4 is 11.3 Å². The van der Waals surface area contributed by atoms with E-state index in [1.165, 1.54) is 5.56 Å². The third-order valence-corrected chi connectivity index (χ3v) is 5.80. The van der Waals surface area contributed by atoms with Crippen LogP contribution in [0.5, 0.6) is 11.5 Å². The smallest absolute Gasteiger partial charge is 0.161 e. The van der Waals surface area contributed by atoms with Gasteiger partial charge in [0.25, 0.3) is 0 Å². The first-order chi connectivity index (χ1) is 13.7. The summed E-state index contributed by atoms with van der Waals surface area (Å²) in [6, 6.07) is 12.3. The van der Waals surface area contributed by atoms with E-state index >= 15 is 0 Å². The second-order valence-electron chi connectivity index (χ2n) is 6.48. The molecule has 0 radical (unpaired) electrons. The predicted octanol–water partition coefficient (Wildman–Crippen LogP) is 4.59. The number of nitrogens with zero attached hydrogens (tertiary/aromatic N) is 2. The van der Waals surface area contributed by atoms with Gasteiger partial charge in [-0.3, -0.25) is 5.41 Å². The Balaban J connectivity index is 1.97. The highest BCUT2D eigenvalue weighted by Crippen LogP contribution is 2.40. The molecule has 0 saturated heterocycles. The first-order valence-corrected chi connectivity index (χ1v) is 10.2. The van der Waals surface area contributed by atoms with Crippen LogP contribution in [0.15, 0.2) is 35.7 Å². The lowest BCUT2D eigenvalue weighted by Crippen LogP contribution is -2.28. The number of fused-ring (bicyclic) bond motifs is 3. The first-order valence-electron chi connectivity index (χ1n) is 9.37. The lowest BCUT2D eigenvalue weighted by atomic mass is 9.94. The molecule has 4 rings (SSSR count). The van der Waals surface area contributed by atoms with E-state index in [0.717, 1.165) is 33.9 Å². The largest absolute Gasteiger partial charge is 0.490 e. The molecule has 142 valence electrons. The number of hydrogen-bond donors (Lipinski definition) is 1. The standard InChI is InChI=1S/C22H21N3O2S/c1-3-26-19-10-14-7-8-25-18(15(14)12-20(19)27-4-2)11-16(17(13-23)22(25)24)21-6-5-9-28-21/h5-6,9-12,24H,3-4,7-8H2,1-2H3. The minimum absolute atomic E-state index is 0.265. The van der Waals surface area contributed by atoms with Crippen LogP contribution in [0, 0.1) is 16.7 Å². The van der Waals surface area contributed by atoms with Gasteiger partial charge in [0.05, 0.1) is 18.9 Å². The Morgan fingerprint density at radius 3 is 2.54 bits per heavy atom. The van der Waals surface area contributed by atoms with Gasteiger partial charge in [0.15, 0.2) is 11.5 Å². The van der Waals surface area contributed by atoms with Crippen LogP contribution in [-0.4, -0.2) is 17.8 Å². The molecule has 1 N–H and O–H groups in total. The maximum Gasteiger partial charge on any atom is 0.161 e. The number of ether oxygens (including phenoxy) is 2. The number of nitriles is 1. The minimum Gasteiger partial charge on any atom is -0.490 e. The van der Waals surface area contributed by atoms with Crippen molar-refractivity contribution in [1.29, 1.82) is 10.7 Å². The number of pyridine rings is 1. The second-order valence-corrected chi connectivity index (χ2v) is 7.43. The first kappa shape index (κ1) is 18.3. The molecule has 0 spiro atoms. The molecule has 0 unspecified atom stereocenters. The molecule has 0 aliphatic carbocycles. The summed E-state index contributed by atoms with van der Waals surface area (Å²) < 4.78 is 13.5. The Kier molecular flexibility index (Phi) is 4.93. The molecular formula is C22H21N3O2S. The number of aryl methyl sites for hydroxylation is 1. The monoisotopic (exact) mass is 391 g/mol. The Hall–Kier alpha value is -3.04. The predicted molar refractivity (Wildman–Crippen MR) is 110 cm³/mol. The molecule has 0 saturated carbocycles. The van der Waals surface area contributed by atoms with Gasteiger partial charge in [0.2, 0.25) is 0 Å². The normalized spacial score (nSPS) is 12.0. The summed E-state index contributed by atoms with van der Waals surface area (Å²) in [5.74, 6) is 1.47. The van der Waals surface area contributed by atoms with Gasteiger partial charge in [-0.1, -0.05) is 6.07 Å². The van der Waals surface area contributed by atoms with Gasteiger partial charge in [-0.05, 0) is 55.5 Å². The number of hydrogen-bond acceptors (Lipinski definition) is 5. The molecule has 3 aromatic rings. The van der Waals surface area contributed by atoms with Crippen molar-refractivity contribution in [1.82, 2.24) is 4.57 Å². The Bertz CT molecular complexity index is 1120. The molecule has 1 aliphatic rings. The Morgan fingerprint density at radius 1 is 1.14 bits per heavy atom. The van der Waals surface area contributed by atoms with Crippen molar-refractivity contribution in [3.8, 4) is 39.3 Å². The molecule has 1 aromatic carbocycles. The fourth-order valence-corrected chi connectivity index (χ4v) is 4.43. The van der Waals surface area contributed by atoms with E-state index in [-0.39, 0.29) is 5.49 Å². The maximum atomic E-state index is 9.69. The Morgan fingerprint density at radius 2 is 1.89 bits per heavy atom. The van der Waals surface area contributed by atoms with Crippen LogP contribution < -0.4 is 15.0 Å². The quantitative estimate of drug-likeness (QED) is 0.691. The second kappa shape index (κ2) is 7.53. The lowest BCUT2D eigenvalue weighted by Gasteiger charge is -2.25. The van der Waals surface area contributed by atoms with Gasteiger partial charge in [-0.2, -0.15) is 5.26 Å². The van der Waals surface area contributed by atoms with Crippen LogP contribution in [0.25, 0.3) is 21.7 Å². The number of benzene rings is 1. The van der Waals surface area contributed by atoms with E-state index in [0.29, 0.717) is 31.1 Å². The number of aromatic nitrogens is 1. The van der Waals surface area contributed by atoms with Crippen LogP contribution in [0.1, 0.15) is 25.0 Å². The molecule has 28 heavy (non-hydrogen) atoms. The van der Waals surface area contributed by atoms with Crippen molar-refractivity contribution in [3.05, 3.63) is 52.3 Å². The third-order valence-electron chi connectivity index (χ3n) is 4.90. The zero-order valence-corrected chi connectivity index (χ0v) is 16.7. The maximum absolute atomic E-state index is 9.69. The van der Waals surface area contributed by atoms with Crippen LogP contribution in [0.4, 0.5) is 0 Å². The fourth-order valence-electron chi connectivity index (χ4n) is 3.68. The minimum atomic E-state index is 0.265. The number of rotatable bonds is 5. The highest BCUT2D eigenvalue weighted by Gasteiger charge is 2.23. The van der Waals surface area contributed by atoms with Crippen LogP contribution in [0.3, 0.4) is 0 Å². The van der Waals surface area contributed by atoms with Crippen molar-refractivity contribution < 1.29 is 9.47 Å². The highest BCUT2D eigenvalue weighted by molar-refractivity contribution is 7.13. The summed E-state index contributed by atoms with van der Waals surface area (Å²) in [6.07, 6.45) is 0.786. The topological polar surface area (TPSA) is 71.0 Å². The molecule has 2 aromatic heterocycles. The fraction of sp³-hybridized carbons (Fsp3) is 0.273. The summed E-state index contributed by atoms with van der Waals surface area (Å²) in [4.78, 5) is 0.997. The Labute approximate surface area is 167 Å². The SMILES string of the molecule is CCOc1cc2c(cc1OCC)-c1cc(-c3cccs3)c(C#N)c(=N)n1CC2. The molecule has 0 amide bonds. The van der Waals surface area contributed by atoms with Crippen molar-refractivity contribution in [2.24, 2.45) is 0 Å². The summed E-state index contributed by atoms with van der Waals surface area (Å²) in [5, 5.41) is 20.3. The zero-order valence-electron chi connectivity index (χ0n) is 15.9. The molecule has 0 fully saturated rings. The van der Waals surface area contributed by atoms with E-state index in [2.05, 4.69) is 12.1 Å². The summed E-state index contributed by atoms with van der Waals surface area (Å²) in [5.41, 5.74) is 4.65. The van der Waals surface area contributed by atoms with Gasteiger partial charge >= 0.3 is 0 Å². The van der Waals surface area contributed by atoms with Gasteiger partial charge < -0.3 is 14.0 Å². The van der Waals surface area contributed by atoms with E-state index in [9.17, 15) is 5.26 Å². The average Bonchev–Trinajstić information content (AvgIpc) is 3.23. The van der Waals surface area contributed by atoms with Crippen molar-refractivity contribution in [2.75, 3.05) is 13.2 Å². The number of thiophene rings is 1. The number of nitrogens with one attached hydrogen (secondary N) is 1. The molecule has 5 nitrogen and oxygen atoms in total. The summed E-state index contributed by atoms with van der Waals surface area (Å²) >= 11 is 1.58. The van der Waals surface area contributed by atoms with Gasteiger partial charge in [-0.15, -0.1) is 11.3 Å². The van der Waals surface area contributed by atoms with Crippen LogP contribution in [-0.2, 0) is 13.0 Å². The van der Waals surface area contributed by atoms with Gasteiger partial charge in [-0.25, -0.2) is 0 Å². The molecule has 6 heteroatoms. The summed E-state index contributed by atoms with van der Waals surface area (Å²) in [7, 11) is 0. The van der Waals surface area contributed by atoms with Crippen molar-refractivity contribution in [2.45, 2.75) is 26.8 Å². The highest BCUT2D eigenvalue weighted by atomic mass is 32.1. The lowest BCUT2D eigenvalue weighted by molar-refractivity contribution is 0.287. The molecule has 3 heterocycles. The van der Waals surface area contributed by atoms with E-state index in [4.69, 9.17) is 14.9 Å².